The van der Waals surface area contributed by atoms with Crippen molar-refractivity contribution in [3.63, 3.8) is 0 Å². The number of nitro groups is 1. The number of amides is 1. The van der Waals surface area contributed by atoms with Gasteiger partial charge in [0.2, 0.25) is 0 Å². The lowest BCUT2D eigenvalue weighted by Crippen LogP contribution is -2.32. The molecule has 1 amide bonds. The summed E-state index contributed by atoms with van der Waals surface area (Å²) in [7, 11) is 1.56. The monoisotopic (exact) mass is 255 g/mol. The van der Waals surface area contributed by atoms with E-state index in [4.69, 9.17) is 0 Å². The molecule has 1 heterocycles. The zero-order valence-electron chi connectivity index (χ0n) is 10.4. The van der Waals surface area contributed by atoms with Crippen LogP contribution in [0.5, 0.6) is 0 Å². The van der Waals surface area contributed by atoms with Crippen molar-refractivity contribution in [2.75, 3.05) is 6.54 Å². The van der Waals surface area contributed by atoms with Gasteiger partial charge in [-0.3, -0.25) is 14.9 Å². The van der Waals surface area contributed by atoms with Gasteiger partial charge in [-0.2, -0.15) is 0 Å². The van der Waals surface area contributed by atoms with Gasteiger partial charge in [0.15, 0.2) is 0 Å². The molecule has 1 aromatic heterocycles. The SMILES string of the molecule is CCCC(O)CNC(=O)c1cc([N+](=O)[O-])cn1C. The number of nitrogens with one attached hydrogen (secondary N) is 1. The average Bonchev–Trinajstić information content (AvgIpc) is 2.69. The van der Waals surface area contributed by atoms with E-state index in [1.54, 1.807) is 7.05 Å². The van der Waals surface area contributed by atoms with Crippen LogP contribution in [0.25, 0.3) is 0 Å². The number of rotatable bonds is 6. The van der Waals surface area contributed by atoms with Crippen molar-refractivity contribution in [2.24, 2.45) is 7.05 Å². The minimum Gasteiger partial charge on any atom is -0.391 e. The van der Waals surface area contributed by atoms with Crippen molar-refractivity contribution in [3.8, 4) is 0 Å². The van der Waals surface area contributed by atoms with E-state index in [1.165, 1.54) is 16.8 Å². The Labute approximate surface area is 105 Å². The van der Waals surface area contributed by atoms with Crippen molar-refractivity contribution < 1.29 is 14.8 Å². The molecule has 2 N–H and O–H groups in total. The summed E-state index contributed by atoms with van der Waals surface area (Å²) in [6.07, 6.45) is 2.12. The number of aliphatic hydroxyl groups is 1. The molecular weight excluding hydrogens is 238 g/mol. The van der Waals surface area contributed by atoms with Crippen LogP contribution in [0.1, 0.15) is 30.3 Å². The van der Waals surface area contributed by atoms with E-state index in [1.807, 2.05) is 6.92 Å². The smallest absolute Gasteiger partial charge is 0.287 e. The number of hydrogen-bond donors (Lipinski definition) is 2. The molecule has 1 unspecified atom stereocenters. The number of nitrogens with zero attached hydrogens (tertiary/aromatic N) is 2. The summed E-state index contributed by atoms with van der Waals surface area (Å²) in [5.41, 5.74) is 0.0714. The first-order chi connectivity index (χ1) is 8.45. The van der Waals surface area contributed by atoms with Gasteiger partial charge in [-0.1, -0.05) is 13.3 Å². The molecule has 1 aromatic rings. The van der Waals surface area contributed by atoms with Crippen LogP contribution in [-0.2, 0) is 7.05 Å². The van der Waals surface area contributed by atoms with Gasteiger partial charge in [0.05, 0.1) is 17.2 Å². The maximum atomic E-state index is 11.7. The predicted molar refractivity (Wildman–Crippen MR) is 65.3 cm³/mol. The molecule has 0 bridgehead atoms. The van der Waals surface area contributed by atoms with Crippen LogP contribution in [0.15, 0.2) is 12.3 Å². The maximum Gasteiger partial charge on any atom is 0.287 e. The molecule has 0 saturated carbocycles. The minimum absolute atomic E-state index is 0.128. The van der Waals surface area contributed by atoms with Crippen LogP contribution >= 0.6 is 0 Å². The zero-order chi connectivity index (χ0) is 13.7. The quantitative estimate of drug-likeness (QED) is 0.581. The molecule has 0 spiro atoms. The van der Waals surface area contributed by atoms with Gasteiger partial charge >= 0.3 is 0 Å². The molecule has 0 saturated heterocycles. The number of hydrogen-bond acceptors (Lipinski definition) is 4. The van der Waals surface area contributed by atoms with Gasteiger partial charge in [0, 0.05) is 19.7 Å². The first-order valence-corrected chi connectivity index (χ1v) is 5.72. The molecule has 18 heavy (non-hydrogen) atoms. The Kier molecular flexibility index (Phi) is 4.85. The second-order valence-corrected chi connectivity index (χ2v) is 4.10. The molecule has 0 fully saturated rings. The van der Waals surface area contributed by atoms with Crippen molar-refractivity contribution in [3.05, 3.63) is 28.1 Å². The van der Waals surface area contributed by atoms with Crippen molar-refractivity contribution >= 4 is 11.6 Å². The van der Waals surface area contributed by atoms with Crippen LogP contribution in [0.3, 0.4) is 0 Å². The van der Waals surface area contributed by atoms with Gasteiger partial charge in [-0.15, -0.1) is 0 Å². The van der Waals surface area contributed by atoms with Crippen molar-refractivity contribution in [1.29, 1.82) is 0 Å². The van der Waals surface area contributed by atoms with Gasteiger partial charge in [0.25, 0.3) is 11.6 Å². The Bertz CT molecular complexity index is 441. The summed E-state index contributed by atoms with van der Waals surface area (Å²) >= 11 is 0. The van der Waals surface area contributed by atoms with E-state index in [9.17, 15) is 20.0 Å². The predicted octanol–water partition coefficient (Wildman–Crippen LogP) is 0.824. The molecule has 100 valence electrons. The Balaban J connectivity index is 2.64. The summed E-state index contributed by atoms with van der Waals surface area (Å²) in [5.74, 6) is -0.430. The van der Waals surface area contributed by atoms with E-state index in [2.05, 4.69) is 5.32 Å². The fraction of sp³-hybridized carbons (Fsp3) is 0.545. The molecule has 0 aromatic carbocycles. The average molecular weight is 255 g/mol. The third kappa shape index (κ3) is 3.56. The van der Waals surface area contributed by atoms with Crippen LogP contribution < -0.4 is 5.32 Å². The second kappa shape index (κ2) is 6.15. The fourth-order valence-corrected chi connectivity index (χ4v) is 1.61. The van der Waals surface area contributed by atoms with Gasteiger partial charge in [-0.05, 0) is 6.42 Å². The van der Waals surface area contributed by atoms with E-state index in [0.29, 0.717) is 6.42 Å². The van der Waals surface area contributed by atoms with E-state index < -0.39 is 16.9 Å². The number of aliphatic hydroxyl groups excluding tert-OH is 1. The lowest BCUT2D eigenvalue weighted by Gasteiger charge is -2.10. The number of carbonyl (C=O) groups excluding carboxylic acids is 1. The highest BCUT2D eigenvalue weighted by molar-refractivity contribution is 5.93. The summed E-state index contributed by atoms with van der Waals surface area (Å²) in [6.45, 7) is 2.08. The molecule has 7 nitrogen and oxygen atoms in total. The van der Waals surface area contributed by atoms with E-state index in [0.717, 1.165) is 6.42 Å². The highest BCUT2D eigenvalue weighted by atomic mass is 16.6. The third-order valence-corrected chi connectivity index (χ3v) is 2.55. The van der Waals surface area contributed by atoms with Crippen molar-refractivity contribution in [2.45, 2.75) is 25.9 Å². The number of carbonyl (C=O) groups is 1. The Morgan fingerprint density at radius 2 is 2.33 bits per heavy atom. The molecule has 7 heteroatoms. The van der Waals surface area contributed by atoms with Gasteiger partial charge in [-0.25, -0.2) is 0 Å². The minimum atomic E-state index is -0.589. The second-order valence-electron chi connectivity index (χ2n) is 4.10. The molecule has 1 rings (SSSR count). The van der Waals surface area contributed by atoms with Crippen LogP contribution in [-0.4, -0.2) is 33.2 Å². The van der Waals surface area contributed by atoms with E-state index >= 15 is 0 Å². The fourth-order valence-electron chi connectivity index (χ4n) is 1.61. The molecule has 0 radical (unpaired) electrons. The first kappa shape index (κ1) is 14.2. The van der Waals surface area contributed by atoms with Gasteiger partial charge < -0.3 is 15.0 Å². The molecule has 0 aliphatic rings. The topological polar surface area (TPSA) is 97.4 Å². The highest BCUT2D eigenvalue weighted by Gasteiger charge is 2.17. The van der Waals surface area contributed by atoms with Crippen LogP contribution in [0.4, 0.5) is 5.69 Å². The summed E-state index contributed by atoms with van der Waals surface area (Å²) in [6, 6.07) is 1.21. The first-order valence-electron chi connectivity index (χ1n) is 5.72. The zero-order valence-corrected chi connectivity index (χ0v) is 10.4. The summed E-state index contributed by atoms with van der Waals surface area (Å²) < 4.78 is 1.39. The van der Waals surface area contributed by atoms with Crippen LogP contribution in [0, 0.1) is 10.1 Å². The van der Waals surface area contributed by atoms with Gasteiger partial charge in [0.1, 0.15) is 5.69 Å². The highest BCUT2D eigenvalue weighted by Crippen LogP contribution is 2.14. The van der Waals surface area contributed by atoms with Crippen LogP contribution in [0.2, 0.25) is 0 Å². The van der Waals surface area contributed by atoms with E-state index in [-0.39, 0.29) is 17.9 Å². The summed E-state index contributed by atoms with van der Waals surface area (Å²) in [5, 5.41) is 22.6. The molecular formula is C11H17N3O4. The third-order valence-electron chi connectivity index (χ3n) is 2.55. The molecule has 0 aliphatic carbocycles. The van der Waals surface area contributed by atoms with Crippen molar-refractivity contribution in [1.82, 2.24) is 9.88 Å². The lowest BCUT2D eigenvalue weighted by atomic mass is 10.2. The molecule has 0 aliphatic heterocycles. The standard InChI is InChI=1S/C11H17N3O4/c1-3-4-9(15)6-12-11(16)10-5-8(14(17)18)7-13(10)2/h5,7,9,15H,3-4,6H2,1-2H3,(H,12,16). The number of aryl methyl sites for hydroxylation is 1. The number of aromatic nitrogens is 1. The molecule has 1 atom stereocenters. The Morgan fingerprint density at radius 1 is 1.67 bits per heavy atom. The Morgan fingerprint density at radius 3 is 2.83 bits per heavy atom. The normalized spacial score (nSPS) is 12.2. The maximum absolute atomic E-state index is 11.7. The summed E-state index contributed by atoms with van der Waals surface area (Å²) in [4.78, 5) is 21.8. The largest absolute Gasteiger partial charge is 0.391 e. The lowest BCUT2D eigenvalue weighted by molar-refractivity contribution is -0.384. The Hall–Kier alpha value is -1.89.